The van der Waals surface area contributed by atoms with Crippen LogP contribution in [0.15, 0.2) is 46.5 Å². The summed E-state index contributed by atoms with van der Waals surface area (Å²) in [7, 11) is 0. The van der Waals surface area contributed by atoms with Gasteiger partial charge in [-0.1, -0.05) is 34.6 Å². The number of allylic oxidation sites excluding steroid dienone is 1. The van der Waals surface area contributed by atoms with Crippen molar-refractivity contribution >= 4 is 40.2 Å². The molecule has 0 bridgehead atoms. The smallest absolute Gasteiger partial charge is 0.292 e. The van der Waals surface area contributed by atoms with Gasteiger partial charge in [0.05, 0.1) is 6.10 Å². The van der Waals surface area contributed by atoms with E-state index in [-0.39, 0.29) is 29.4 Å². The molecule has 0 aliphatic rings. The third-order valence-electron chi connectivity index (χ3n) is 5.61. The summed E-state index contributed by atoms with van der Waals surface area (Å²) < 4.78 is 13.7. The molecule has 2 rings (SSSR count). The lowest BCUT2D eigenvalue weighted by molar-refractivity contribution is -0.136. The fraction of sp³-hybridized carbons (Fsp3) is 0.429. The largest absolute Gasteiger partial charge is 0.391 e. The summed E-state index contributed by atoms with van der Waals surface area (Å²) in [6.07, 6.45) is 1.31. The number of anilines is 1. The number of carbonyl (C=O) groups is 3. The lowest BCUT2D eigenvalue weighted by Gasteiger charge is -2.19. The van der Waals surface area contributed by atoms with Crippen LogP contribution >= 0.6 is 11.3 Å². The van der Waals surface area contributed by atoms with Crippen molar-refractivity contribution in [1.82, 2.24) is 10.3 Å². The van der Waals surface area contributed by atoms with Crippen LogP contribution < -0.4 is 10.6 Å². The van der Waals surface area contributed by atoms with E-state index in [1.54, 1.807) is 32.3 Å². The summed E-state index contributed by atoms with van der Waals surface area (Å²) >= 11 is 1.36. The van der Waals surface area contributed by atoms with Crippen molar-refractivity contribution in [2.45, 2.75) is 67.9 Å². The van der Waals surface area contributed by atoms with E-state index in [2.05, 4.69) is 15.6 Å². The summed E-state index contributed by atoms with van der Waals surface area (Å²) in [6, 6.07) is 4.25. The Morgan fingerprint density at radius 1 is 1.11 bits per heavy atom. The van der Waals surface area contributed by atoms with Crippen molar-refractivity contribution in [2.75, 3.05) is 11.9 Å². The Morgan fingerprint density at radius 2 is 1.76 bits per heavy atom. The minimum absolute atomic E-state index is 0.0448. The molecule has 0 aliphatic heterocycles. The average molecular weight is 532 g/mol. The number of hydrogen-bond acceptors (Lipinski definition) is 6. The van der Waals surface area contributed by atoms with Crippen molar-refractivity contribution in [2.24, 2.45) is 5.92 Å². The van der Waals surface area contributed by atoms with Gasteiger partial charge in [0, 0.05) is 40.5 Å². The number of halogens is 1. The highest BCUT2D eigenvalue weighted by Gasteiger charge is 2.27. The van der Waals surface area contributed by atoms with Crippen molar-refractivity contribution in [3.63, 3.8) is 0 Å². The van der Waals surface area contributed by atoms with Gasteiger partial charge >= 0.3 is 0 Å². The number of benzene rings is 1. The molecule has 7 nitrogen and oxygen atoms in total. The summed E-state index contributed by atoms with van der Waals surface area (Å²) in [4.78, 5) is 43.2. The minimum Gasteiger partial charge on any atom is -0.391 e. The number of nitrogens with one attached hydrogen (secondary N) is 2. The van der Waals surface area contributed by atoms with Crippen LogP contribution in [0.4, 0.5) is 10.1 Å². The molecule has 1 atom stereocenters. The predicted octanol–water partition coefficient (Wildman–Crippen LogP) is 5.46. The number of aromatic nitrogens is 1. The molecule has 0 saturated heterocycles. The Balaban J connectivity index is 0.00000334. The van der Waals surface area contributed by atoms with Gasteiger partial charge in [0.15, 0.2) is 0 Å². The van der Waals surface area contributed by atoms with E-state index in [4.69, 9.17) is 0 Å². The zero-order valence-corrected chi connectivity index (χ0v) is 23.7. The highest BCUT2D eigenvalue weighted by atomic mass is 32.1. The highest BCUT2D eigenvalue weighted by molar-refractivity contribution is 7.10. The quantitative estimate of drug-likeness (QED) is 0.214. The van der Waals surface area contributed by atoms with Gasteiger partial charge in [-0.2, -0.15) is 0 Å². The molecule has 1 heterocycles. The Labute approximate surface area is 222 Å². The van der Waals surface area contributed by atoms with Crippen LogP contribution in [0.5, 0.6) is 0 Å². The third kappa shape index (κ3) is 8.72. The molecule has 37 heavy (non-hydrogen) atoms. The first-order chi connectivity index (χ1) is 17.5. The summed E-state index contributed by atoms with van der Waals surface area (Å²) in [5, 5.41) is 17.3. The van der Waals surface area contributed by atoms with E-state index in [9.17, 15) is 23.9 Å². The number of ketones is 1. The molecule has 2 aromatic rings. The number of Topliss-reactive ketones (excluding diaryl/α,β-unsaturated/α-hetero) is 1. The van der Waals surface area contributed by atoms with Gasteiger partial charge in [-0.25, -0.2) is 9.37 Å². The number of nitrogens with zero attached hydrogens (tertiary/aromatic N) is 1. The van der Waals surface area contributed by atoms with Crippen LogP contribution in [0.2, 0.25) is 0 Å². The number of aliphatic hydroxyl groups excluding tert-OH is 1. The summed E-state index contributed by atoms with van der Waals surface area (Å²) in [5.41, 5.74) is 2.06. The Morgan fingerprint density at radius 3 is 2.27 bits per heavy atom. The fourth-order valence-corrected chi connectivity index (χ4v) is 4.21. The fourth-order valence-electron chi connectivity index (χ4n) is 3.37. The predicted molar refractivity (Wildman–Crippen MR) is 148 cm³/mol. The van der Waals surface area contributed by atoms with Crippen LogP contribution in [0.3, 0.4) is 0 Å². The van der Waals surface area contributed by atoms with E-state index in [1.165, 1.54) is 36.5 Å². The van der Waals surface area contributed by atoms with Crippen molar-refractivity contribution in [1.29, 1.82) is 0 Å². The number of amides is 2. The number of aryl methyl sites for hydroxylation is 1. The van der Waals surface area contributed by atoms with E-state index in [1.807, 2.05) is 27.7 Å². The first-order valence-corrected chi connectivity index (χ1v) is 13.3. The number of aliphatic hydroxyl groups is 1. The SMILES string of the molecule is CC.CCC(O)CNC(=O)C(=O)/C(C)=C(C)/C(C(=O)Nc1ccc(F)c(C)c1)=C(/c1nccs1)C(C)C. The average Bonchev–Trinajstić information content (AvgIpc) is 3.41. The summed E-state index contributed by atoms with van der Waals surface area (Å²) in [6.45, 7) is 14.2. The molecule has 0 spiro atoms. The Bertz CT molecular complexity index is 1150. The van der Waals surface area contributed by atoms with E-state index < -0.39 is 23.7 Å². The van der Waals surface area contributed by atoms with Gasteiger partial charge in [-0.15, -0.1) is 11.3 Å². The molecule has 202 valence electrons. The summed E-state index contributed by atoms with van der Waals surface area (Å²) in [5.74, 6) is -2.68. The molecular weight excluding hydrogens is 493 g/mol. The monoisotopic (exact) mass is 531 g/mol. The molecule has 1 aromatic carbocycles. The first-order valence-electron chi connectivity index (χ1n) is 12.4. The molecule has 0 fully saturated rings. The maximum Gasteiger partial charge on any atom is 0.292 e. The molecular formula is C28H38FN3O4S. The van der Waals surface area contributed by atoms with Crippen LogP contribution in [-0.2, 0) is 14.4 Å². The molecule has 0 saturated carbocycles. The van der Waals surface area contributed by atoms with Gasteiger partial charge < -0.3 is 15.7 Å². The second kappa shape index (κ2) is 15.2. The molecule has 0 radical (unpaired) electrons. The van der Waals surface area contributed by atoms with E-state index in [0.29, 0.717) is 33.8 Å². The number of carbonyl (C=O) groups excluding carboxylic acids is 3. The molecule has 0 aliphatic carbocycles. The van der Waals surface area contributed by atoms with Gasteiger partial charge in [-0.3, -0.25) is 14.4 Å². The second-order valence-electron chi connectivity index (χ2n) is 8.55. The number of thiazole rings is 1. The molecule has 1 aromatic heterocycles. The third-order valence-corrected chi connectivity index (χ3v) is 6.41. The van der Waals surface area contributed by atoms with Crippen LogP contribution in [-0.4, -0.2) is 40.3 Å². The van der Waals surface area contributed by atoms with Crippen LogP contribution in [0.25, 0.3) is 5.57 Å². The molecule has 3 N–H and O–H groups in total. The Hall–Kier alpha value is -3.17. The first kappa shape index (κ1) is 31.9. The minimum atomic E-state index is -0.858. The van der Waals surface area contributed by atoms with Crippen molar-refractivity contribution in [3.05, 3.63) is 62.9 Å². The lowest BCUT2D eigenvalue weighted by Crippen LogP contribution is -2.37. The van der Waals surface area contributed by atoms with Crippen molar-refractivity contribution in [3.8, 4) is 0 Å². The molecule has 9 heteroatoms. The van der Waals surface area contributed by atoms with Crippen LogP contribution in [0, 0.1) is 18.7 Å². The van der Waals surface area contributed by atoms with E-state index >= 15 is 0 Å². The van der Waals surface area contributed by atoms with Gasteiger partial charge in [-0.05, 0) is 62.4 Å². The van der Waals surface area contributed by atoms with Crippen LogP contribution in [0.1, 0.15) is 65.5 Å². The van der Waals surface area contributed by atoms with Crippen molar-refractivity contribution < 1.29 is 23.9 Å². The van der Waals surface area contributed by atoms with Gasteiger partial charge in [0.1, 0.15) is 10.8 Å². The topological polar surface area (TPSA) is 108 Å². The maximum atomic E-state index is 13.7. The van der Waals surface area contributed by atoms with Gasteiger partial charge in [0.25, 0.3) is 11.8 Å². The Kier molecular flexibility index (Phi) is 13.1. The zero-order chi connectivity index (χ0) is 28.3. The van der Waals surface area contributed by atoms with E-state index in [0.717, 1.165) is 0 Å². The standard InChI is InChI=1S/C26H32FN3O4S.C2H6/c1-7-19(31)13-29-25(34)23(32)17(6)16(5)22(21(14(2)3)26-28-10-11-35-26)24(33)30-18-8-9-20(27)15(4)12-18;1-2/h8-12,14,19,31H,7,13H2,1-6H3,(H,29,34)(H,30,33);1-2H3/b17-16+,22-21-;. The normalized spacial score (nSPS) is 13.1. The lowest BCUT2D eigenvalue weighted by atomic mass is 9.89. The number of hydrogen-bond donors (Lipinski definition) is 3. The second-order valence-corrected chi connectivity index (χ2v) is 9.44. The highest BCUT2D eigenvalue weighted by Crippen LogP contribution is 2.33. The zero-order valence-electron chi connectivity index (χ0n) is 22.9. The maximum absolute atomic E-state index is 13.7. The molecule has 1 unspecified atom stereocenters. The number of rotatable bonds is 10. The molecule has 2 amide bonds. The van der Waals surface area contributed by atoms with Gasteiger partial charge in [0.2, 0.25) is 5.78 Å².